The topological polar surface area (TPSA) is 205 Å². The molecule has 0 bridgehead atoms. The summed E-state index contributed by atoms with van der Waals surface area (Å²) in [6, 6.07) is 5.43. The van der Waals surface area contributed by atoms with Gasteiger partial charge in [-0.1, -0.05) is 50.6 Å². The van der Waals surface area contributed by atoms with Crippen molar-refractivity contribution in [2.45, 2.75) is 97.2 Å². The van der Waals surface area contributed by atoms with Gasteiger partial charge in [-0.2, -0.15) is 0 Å². The Morgan fingerprint density at radius 1 is 1.00 bits per heavy atom. The number of esters is 1. The van der Waals surface area contributed by atoms with Gasteiger partial charge in [0.25, 0.3) is 0 Å². The Hall–Kier alpha value is -3.87. The van der Waals surface area contributed by atoms with E-state index >= 15 is 0 Å². The van der Waals surface area contributed by atoms with Gasteiger partial charge in [0.1, 0.15) is 24.3 Å². The molecule has 230 valence electrons. The molecule has 1 aromatic carbocycles. The first kappa shape index (κ1) is 35.2. The molecule has 5 atom stereocenters. The molecule has 0 heterocycles. The molecule has 0 saturated heterocycles. The van der Waals surface area contributed by atoms with Gasteiger partial charge < -0.3 is 41.6 Å². The number of aliphatic hydroxyl groups is 1. The summed E-state index contributed by atoms with van der Waals surface area (Å²) in [4.78, 5) is 51.8. The van der Waals surface area contributed by atoms with Crippen LogP contribution in [-0.2, 0) is 30.5 Å². The van der Waals surface area contributed by atoms with Crippen LogP contribution in [0, 0.1) is 11.3 Å². The second-order valence-corrected chi connectivity index (χ2v) is 10.9. The number of benzene rings is 1. The second kappa shape index (κ2) is 17.1. The average molecular weight is 579 g/mol. The van der Waals surface area contributed by atoms with Gasteiger partial charge in [0.2, 0.25) is 11.8 Å². The Bertz CT molecular complexity index is 1010. The first-order valence-corrected chi connectivity index (χ1v) is 13.7. The lowest BCUT2D eigenvalue weighted by Crippen LogP contribution is -2.59. The highest BCUT2D eigenvalue weighted by atomic mass is 16.6. The van der Waals surface area contributed by atoms with Gasteiger partial charge in [-0.25, -0.2) is 9.59 Å². The highest BCUT2D eigenvalue weighted by Crippen LogP contribution is 2.12. The first-order chi connectivity index (χ1) is 19.1. The summed E-state index contributed by atoms with van der Waals surface area (Å²) in [6.45, 7) is 10.2. The number of hydrogen-bond acceptors (Lipinski definition) is 8. The Morgan fingerprint density at radius 2 is 1.61 bits per heavy atom. The van der Waals surface area contributed by atoms with E-state index < -0.39 is 53.7 Å². The van der Waals surface area contributed by atoms with Crippen LogP contribution in [0.25, 0.3) is 0 Å². The van der Waals surface area contributed by atoms with Crippen LogP contribution >= 0.6 is 0 Å². The summed E-state index contributed by atoms with van der Waals surface area (Å²) in [5.41, 5.74) is 5.24. The lowest BCUT2D eigenvalue weighted by molar-refractivity contribution is -0.152. The summed E-state index contributed by atoms with van der Waals surface area (Å²) in [6.07, 6.45) is -1.06. The Kier molecular flexibility index (Phi) is 14.6. The molecule has 0 aliphatic carbocycles. The highest BCUT2D eigenvalue weighted by molar-refractivity contribution is 5.93. The van der Waals surface area contributed by atoms with Crippen LogP contribution in [0.2, 0.25) is 0 Å². The zero-order valence-corrected chi connectivity index (χ0v) is 24.8. The standard InChI is InChI=1S/C28H46N6O7/c1-7-17(2)21(24(37)34-22(18(3)35)25(38)40-16-19-12-9-8-10-13-19)33-23(36)20(14-11-15-31-26(29)30)32-27(39)41-28(4,5)6/h8-10,12-13,17-18,20-22,35H,7,11,14-16H2,1-6H3,(H,32,39)(H,33,36)(H,34,37)(H4,29,30,31)/t17-,18-,20+,21-,22-/m0/s1. The predicted molar refractivity (Wildman–Crippen MR) is 154 cm³/mol. The lowest BCUT2D eigenvalue weighted by atomic mass is 9.97. The fourth-order valence-electron chi connectivity index (χ4n) is 3.64. The maximum Gasteiger partial charge on any atom is 0.408 e. The molecule has 0 aromatic heterocycles. The minimum absolute atomic E-state index is 0.0409. The number of nitrogens with one attached hydrogen (secondary N) is 5. The molecule has 0 fully saturated rings. The quantitative estimate of drug-likeness (QED) is 0.0692. The van der Waals surface area contributed by atoms with Crippen molar-refractivity contribution in [2.24, 2.45) is 11.7 Å². The van der Waals surface area contributed by atoms with Gasteiger partial charge >= 0.3 is 12.1 Å². The number of hydrogen-bond donors (Lipinski definition) is 7. The molecule has 1 aromatic rings. The third-order valence-corrected chi connectivity index (χ3v) is 6.04. The molecular formula is C28H46N6O7. The number of alkyl carbamates (subject to hydrolysis) is 1. The molecule has 3 amide bonds. The fourth-order valence-corrected chi connectivity index (χ4v) is 3.64. The molecule has 13 nitrogen and oxygen atoms in total. The van der Waals surface area contributed by atoms with Crippen LogP contribution < -0.4 is 27.0 Å². The zero-order chi connectivity index (χ0) is 31.2. The maximum absolute atomic E-state index is 13.3. The minimum Gasteiger partial charge on any atom is -0.459 e. The monoisotopic (exact) mass is 578 g/mol. The fraction of sp³-hybridized carbons (Fsp3) is 0.607. The van der Waals surface area contributed by atoms with Gasteiger partial charge in [0.15, 0.2) is 12.0 Å². The summed E-state index contributed by atoms with van der Waals surface area (Å²) in [7, 11) is 0. The number of ether oxygens (including phenoxy) is 2. The molecule has 13 heteroatoms. The maximum atomic E-state index is 13.3. The average Bonchev–Trinajstić information content (AvgIpc) is 2.89. The molecule has 0 spiro atoms. The number of amides is 3. The zero-order valence-electron chi connectivity index (χ0n) is 24.8. The minimum atomic E-state index is -1.37. The Labute approximate surface area is 241 Å². The van der Waals surface area contributed by atoms with Crippen LogP contribution in [0.4, 0.5) is 4.79 Å². The van der Waals surface area contributed by atoms with Gasteiger partial charge in [-0.15, -0.1) is 0 Å². The third-order valence-electron chi connectivity index (χ3n) is 6.04. The van der Waals surface area contributed by atoms with Crippen LogP contribution in [0.1, 0.15) is 66.4 Å². The molecule has 0 saturated carbocycles. The largest absolute Gasteiger partial charge is 0.459 e. The van der Waals surface area contributed by atoms with Gasteiger partial charge in [-0.3, -0.25) is 15.0 Å². The van der Waals surface area contributed by atoms with Crippen LogP contribution in [0.5, 0.6) is 0 Å². The van der Waals surface area contributed by atoms with E-state index in [2.05, 4.69) is 21.3 Å². The van der Waals surface area contributed by atoms with E-state index in [0.717, 1.165) is 5.56 Å². The molecule has 8 N–H and O–H groups in total. The summed E-state index contributed by atoms with van der Waals surface area (Å²) >= 11 is 0. The van der Waals surface area contributed by atoms with Gasteiger partial charge in [0, 0.05) is 6.54 Å². The van der Waals surface area contributed by atoms with E-state index in [1.54, 1.807) is 52.0 Å². The predicted octanol–water partition coefficient (Wildman–Crippen LogP) is 1.28. The number of guanidine groups is 1. The van der Waals surface area contributed by atoms with E-state index in [1.807, 2.05) is 13.0 Å². The molecule has 0 aliphatic heterocycles. The van der Waals surface area contributed by atoms with Gasteiger partial charge in [0.05, 0.1) is 6.10 Å². The van der Waals surface area contributed by atoms with Crippen LogP contribution in [0.15, 0.2) is 30.3 Å². The summed E-state index contributed by atoms with van der Waals surface area (Å²) < 4.78 is 10.6. The van der Waals surface area contributed by atoms with E-state index in [4.69, 9.17) is 20.6 Å². The van der Waals surface area contributed by atoms with E-state index in [9.17, 15) is 24.3 Å². The van der Waals surface area contributed by atoms with Crippen LogP contribution in [0.3, 0.4) is 0 Å². The number of nitrogens with two attached hydrogens (primary N) is 1. The molecule has 0 unspecified atom stereocenters. The SMILES string of the molecule is CC[C@H](C)[C@H](NC(=O)[C@@H](CCCNC(=N)N)NC(=O)OC(C)(C)C)C(=O)N[C@H](C(=O)OCc1ccccc1)[C@H](C)O. The van der Waals surface area contributed by atoms with Crippen LogP contribution in [-0.4, -0.2) is 71.3 Å². The summed E-state index contributed by atoms with van der Waals surface area (Å²) in [5, 5.41) is 27.9. The van der Waals surface area contributed by atoms with E-state index in [-0.39, 0.29) is 31.4 Å². The smallest absolute Gasteiger partial charge is 0.408 e. The number of rotatable bonds is 15. The lowest BCUT2D eigenvalue weighted by Gasteiger charge is -2.29. The van der Waals surface area contributed by atoms with Crippen molar-refractivity contribution in [2.75, 3.05) is 6.54 Å². The number of carbonyl (C=O) groups is 4. The summed E-state index contributed by atoms with van der Waals surface area (Å²) in [5.74, 6) is -2.75. The molecular weight excluding hydrogens is 532 g/mol. The molecule has 0 aliphatic rings. The second-order valence-electron chi connectivity index (χ2n) is 10.9. The Morgan fingerprint density at radius 3 is 2.15 bits per heavy atom. The van der Waals surface area contributed by atoms with Crippen molar-refractivity contribution in [1.29, 1.82) is 5.41 Å². The number of carbonyl (C=O) groups excluding carboxylic acids is 4. The van der Waals surface area contributed by atoms with Crippen molar-refractivity contribution in [1.82, 2.24) is 21.3 Å². The van der Waals surface area contributed by atoms with Gasteiger partial charge in [-0.05, 0) is 52.0 Å². The normalized spacial score (nSPS) is 14.8. The first-order valence-electron chi connectivity index (χ1n) is 13.7. The molecule has 0 radical (unpaired) electrons. The highest BCUT2D eigenvalue weighted by Gasteiger charge is 2.34. The van der Waals surface area contributed by atoms with Crippen molar-refractivity contribution in [3.8, 4) is 0 Å². The van der Waals surface area contributed by atoms with Crippen molar-refractivity contribution >= 4 is 29.8 Å². The van der Waals surface area contributed by atoms with Crippen molar-refractivity contribution in [3.05, 3.63) is 35.9 Å². The third kappa shape index (κ3) is 13.8. The molecule has 1 rings (SSSR count). The van der Waals surface area contributed by atoms with E-state index in [1.165, 1.54) is 6.92 Å². The van der Waals surface area contributed by atoms with Crippen molar-refractivity contribution < 1.29 is 33.8 Å². The number of aliphatic hydroxyl groups excluding tert-OH is 1. The van der Waals surface area contributed by atoms with Crippen molar-refractivity contribution in [3.63, 3.8) is 0 Å². The molecule has 41 heavy (non-hydrogen) atoms. The van der Waals surface area contributed by atoms with E-state index in [0.29, 0.717) is 12.8 Å². The Balaban J connectivity index is 3.01.